The summed E-state index contributed by atoms with van der Waals surface area (Å²) in [5.41, 5.74) is 6.74. The maximum absolute atomic E-state index is 5.79. The normalized spacial score (nSPS) is 14.9. The van der Waals surface area contributed by atoms with Crippen LogP contribution in [0.15, 0.2) is 24.5 Å². The largest absolute Gasteiger partial charge is 0.374 e. The molecular formula is C12H20N2O. The predicted molar refractivity (Wildman–Crippen MR) is 61.6 cm³/mol. The van der Waals surface area contributed by atoms with Crippen molar-refractivity contribution in [3.63, 3.8) is 0 Å². The van der Waals surface area contributed by atoms with E-state index < -0.39 is 0 Å². The Bertz CT molecular complexity index is 270. The number of hydrogen-bond donors (Lipinski definition) is 1. The number of pyridine rings is 1. The third-order valence-electron chi connectivity index (χ3n) is 2.77. The molecule has 1 atom stereocenters. The lowest BCUT2D eigenvalue weighted by atomic mass is 10.0. The quantitative estimate of drug-likeness (QED) is 0.775. The molecule has 0 aromatic carbocycles. The fourth-order valence-corrected chi connectivity index (χ4v) is 1.27. The van der Waals surface area contributed by atoms with E-state index in [1.807, 2.05) is 12.1 Å². The lowest BCUT2D eigenvalue weighted by Gasteiger charge is -2.26. The van der Waals surface area contributed by atoms with E-state index in [2.05, 4.69) is 18.8 Å². The Labute approximate surface area is 91.7 Å². The SMILES string of the molecule is CCC(C)(CN)OCCc1ccncc1. The fourth-order valence-electron chi connectivity index (χ4n) is 1.27. The van der Waals surface area contributed by atoms with E-state index in [9.17, 15) is 0 Å². The topological polar surface area (TPSA) is 48.1 Å². The summed E-state index contributed by atoms with van der Waals surface area (Å²) in [5.74, 6) is 0. The van der Waals surface area contributed by atoms with E-state index in [-0.39, 0.29) is 5.60 Å². The first kappa shape index (κ1) is 12.1. The van der Waals surface area contributed by atoms with E-state index in [1.54, 1.807) is 12.4 Å². The molecule has 0 saturated carbocycles. The number of nitrogens with zero attached hydrogens (tertiary/aromatic N) is 1. The van der Waals surface area contributed by atoms with Gasteiger partial charge in [-0.2, -0.15) is 0 Å². The standard InChI is InChI=1S/C12H20N2O/c1-3-12(2,10-13)15-9-6-11-4-7-14-8-5-11/h4-5,7-8H,3,6,9-10,13H2,1-2H3. The number of ether oxygens (including phenoxy) is 1. The van der Waals surface area contributed by atoms with Crippen molar-refractivity contribution >= 4 is 0 Å². The van der Waals surface area contributed by atoms with Crippen molar-refractivity contribution in [1.82, 2.24) is 4.98 Å². The molecule has 0 aliphatic heterocycles. The number of aromatic nitrogens is 1. The highest BCUT2D eigenvalue weighted by atomic mass is 16.5. The summed E-state index contributed by atoms with van der Waals surface area (Å²) in [6, 6.07) is 4.02. The van der Waals surface area contributed by atoms with Crippen LogP contribution in [0.4, 0.5) is 0 Å². The predicted octanol–water partition coefficient (Wildman–Crippen LogP) is 1.77. The van der Waals surface area contributed by atoms with Crippen molar-refractivity contribution in [2.24, 2.45) is 5.73 Å². The zero-order chi connectivity index (χ0) is 11.1. The molecule has 0 amide bonds. The molecule has 15 heavy (non-hydrogen) atoms. The minimum Gasteiger partial charge on any atom is -0.374 e. The van der Waals surface area contributed by atoms with E-state index in [4.69, 9.17) is 10.5 Å². The zero-order valence-corrected chi connectivity index (χ0v) is 9.57. The van der Waals surface area contributed by atoms with Gasteiger partial charge in [-0.25, -0.2) is 0 Å². The van der Waals surface area contributed by atoms with Crippen LogP contribution in [0.3, 0.4) is 0 Å². The Morgan fingerprint density at radius 1 is 1.40 bits per heavy atom. The van der Waals surface area contributed by atoms with Crippen molar-refractivity contribution in [2.75, 3.05) is 13.2 Å². The van der Waals surface area contributed by atoms with E-state index in [0.29, 0.717) is 13.2 Å². The van der Waals surface area contributed by atoms with Gasteiger partial charge in [-0.05, 0) is 37.5 Å². The molecule has 3 nitrogen and oxygen atoms in total. The molecule has 1 heterocycles. The number of hydrogen-bond acceptors (Lipinski definition) is 3. The van der Waals surface area contributed by atoms with Crippen LogP contribution in [0.5, 0.6) is 0 Å². The van der Waals surface area contributed by atoms with Crippen LogP contribution in [-0.2, 0) is 11.2 Å². The second kappa shape index (κ2) is 5.83. The van der Waals surface area contributed by atoms with E-state index in [0.717, 1.165) is 12.8 Å². The first-order valence-corrected chi connectivity index (χ1v) is 5.43. The smallest absolute Gasteiger partial charge is 0.0773 e. The number of rotatable bonds is 6. The van der Waals surface area contributed by atoms with Gasteiger partial charge < -0.3 is 10.5 Å². The van der Waals surface area contributed by atoms with Crippen LogP contribution in [0.1, 0.15) is 25.8 Å². The Hall–Kier alpha value is -0.930. The van der Waals surface area contributed by atoms with Gasteiger partial charge in [0.1, 0.15) is 0 Å². The van der Waals surface area contributed by atoms with Gasteiger partial charge in [0, 0.05) is 18.9 Å². The average molecular weight is 208 g/mol. The molecule has 1 rings (SSSR count). The van der Waals surface area contributed by atoms with E-state index in [1.165, 1.54) is 5.56 Å². The summed E-state index contributed by atoms with van der Waals surface area (Å²) >= 11 is 0. The molecule has 84 valence electrons. The van der Waals surface area contributed by atoms with Crippen molar-refractivity contribution < 1.29 is 4.74 Å². The van der Waals surface area contributed by atoms with Crippen molar-refractivity contribution in [3.05, 3.63) is 30.1 Å². The molecule has 0 bridgehead atoms. The van der Waals surface area contributed by atoms with Crippen molar-refractivity contribution in [2.45, 2.75) is 32.3 Å². The van der Waals surface area contributed by atoms with Crippen LogP contribution in [0.2, 0.25) is 0 Å². The third kappa shape index (κ3) is 3.98. The van der Waals surface area contributed by atoms with Gasteiger partial charge in [-0.3, -0.25) is 4.98 Å². The summed E-state index contributed by atoms with van der Waals surface area (Å²) in [7, 11) is 0. The second-order valence-corrected chi connectivity index (χ2v) is 3.96. The maximum Gasteiger partial charge on any atom is 0.0773 e. The Morgan fingerprint density at radius 2 is 2.07 bits per heavy atom. The summed E-state index contributed by atoms with van der Waals surface area (Å²) in [4.78, 5) is 3.97. The highest BCUT2D eigenvalue weighted by molar-refractivity contribution is 5.09. The minimum atomic E-state index is -0.174. The lowest BCUT2D eigenvalue weighted by molar-refractivity contribution is -0.0257. The van der Waals surface area contributed by atoms with E-state index >= 15 is 0 Å². The highest BCUT2D eigenvalue weighted by Gasteiger charge is 2.19. The molecule has 2 N–H and O–H groups in total. The number of nitrogens with two attached hydrogens (primary N) is 1. The van der Waals surface area contributed by atoms with Crippen molar-refractivity contribution in [1.29, 1.82) is 0 Å². The fraction of sp³-hybridized carbons (Fsp3) is 0.583. The first-order chi connectivity index (χ1) is 7.20. The molecule has 1 unspecified atom stereocenters. The highest BCUT2D eigenvalue weighted by Crippen LogP contribution is 2.13. The summed E-state index contributed by atoms with van der Waals surface area (Å²) in [6.07, 6.45) is 5.46. The first-order valence-electron chi connectivity index (χ1n) is 5.43. The van der Waals surface area contributed by atoms with Crippen molar-refractivity contribution in [3.8, 4) is 0 Å². The molecule has 0 saturated heterocycles. The molecule has 1 aromatic rings. The van der Waals surface area contributed by atoms with Gasteiger partial charge >= 0.3 is 0 Å². The van der Waals surface area contributed by atoms with Gasteiger partial charge in [0.2, 0.25) is 0 Å². The van der Waals surface area contributed by atoms with Crippen LogP contribution in [0.25, 0.3) is 0 Å². The zero-order valence-electron chi connectivity index (χ0n) is 9.57. The third-order valence-corrected chi connectivity index (χ3v) is 2.77. The summed E-state index contributed by atoms with van der Waals surface area (Å²) in [5, 5.41) is 0. The summed E-state index contributed by atoms with van der Waals surface area (Å²) in [6.45, 7) is 5.43. The molecule has 0 aliphatic rings. The monoisotopic (exact) mass is 208 g/mol. The Balaban J connectivity index is 2.33. The Kier molecular flexibility index (Phi) is 4.72. The van der Waals surface area contributed by atoms with Gasteiger partial charge in [0.25, 0.3) is 0 Å². The van der Waals surface area contributed by atoms with Crippen LogP contribution in [0, 0.1) is 0 Å². The van der Waals surface area contributed by atoms with Gasteiger partial charge in [-0.1, -0.05) is 6.92 Å². The Morgan fingerprint density at radius 3 is 2.60 bits per heavy atom. The summed E-state index contributed by atoms with van der Waals surface area (Å²) < 4.78 is 5.79. The lowest BCUT2D eigenvalue weighted by Crippen LogP contribution is -2.37. The molecular weight excluding hydrogens is 188 g/mol. The molecule has 0 fully saturated rings. The van der Waals surface area contributed by atoms with Crippen LogP contribution < -0.4 is 5.73 Å². The average Bonchev–Trinajstić information content (AvgIpc) is 2.30. The molecule has 1 aromatic heterocycles. The van der Waals surface area contributed by atoms with Gasteiger partial charge in [-0.15, -0.1) is 0 Å². The van der Waals surface area contributed by atoms with Gasteiger partial charge in [0.05, 0.1) is 12.2 Å². The maximum atomic E-state index is 5.79. The second-order valence-electron chi connectivity index (χ2n) is 3.96. The molecule has 3 heteroatoms. The van der Waals surface area contributed by atoms with Crippen LogP contribution >= 0.6 is 0 Å². The molecule has 0 spiro atoms. The van der Waals surface area contributed by atoms with Crippen LogP contribution in [-0.4, -0.2) is 23.7 Å². The van der Waals surface area contributed by atoms with Gasteiger partial charge in [0.15, 0.2) is 0 Å². The molecule has 0 radical (unpaired) electrons. The minimum absolute atomic E-state index is 0.174. The molecule has 0 aliphatic carbocycles.